The number of sulfonamides is 1. The first-order valence-electron chi connectivity index (χ1n) is 9.46. The summed E-state index contributed by atoms with van der Waals surface area (Å²) in [6.45, 7) is 0.285. The zero-order chi connectivity index (χ0) is 21.3. The number of fused-ring (bicyclic) bond motifs is 1. The van der Waals surface area contributed by atoms with E-state index in [-0.39, 0.29) is 56.0 Å². The van der Waals surface area contributed by atoms with E-state index in [0.29, 0.717) is 23.5 Å². The maximum atomic E-state index is 12.8. The number of rotatable bonds is 6. The number of nitrogens with one attached hydrogen (secondary N) is 1. The largest absolute Gasteiger partial charge is 0.472 e. The van der Waals surface area contributed by atoms with Crippen LogP contribution in [0.5, 0.6) is 0 Å². The minimum absolute atomic E-state index is 0.127. The fourth-order valence-electron chi connectivity index (χ4n) is 3.41. The van der Waals surface area contributed by atoms with E-state index < -0.39 is 10.0 Å². The molecule has 2 aromatic heterocycles. The standard InChI is InChI=1S/C18H20N4O6S2/c23-15-2-1-3-16(24)22(15)7-9-30(26,27)21-6-4-13-14(10-21)29-18(19-13)20-17(25)12-5-8-28-11-12/h5,8,11H,1-4,6-7,9-10H2,(H,19,20,25). The van der Waals surface area contributed by atoms with Crippen LogP contribution in [0.15, 0.2) is 23.0 Å². The lowest BCUT2D eigenvalue weighted by Gasteiger charge is -2.28. The third-order valence-corrected chi connectivity index (χ3v) is 7.84. The number of anilines is 1. The number of nitrogens with zero attached hydrogens (tertiary/aromatic N) is 3. The van der Waals surface area contributed by atoms with Crippen molar-refractivity contribution < 1.29 is 27.2 Å². The second-order valence-corrected chi connectivity index (χ2v) is 10.2. The number of hydrogen-bond donors (Lipinski definition) is 1. The summed E-state index contributed by atoms with van der Waals surface area (Å²) in [6, 6.07) is 1.54. The highest BCUT2D eigenvalue weighted by molar-refractivity contribution is 7.89. The first-order valence-corrected chi connectivity index (χ1v) is 11.9. The lowest BCUT2D eigenvalue weighted by atomic mass is 10.1. The second-order valence-electron chi connectivity index (χ2n) is 7.05. The quantitative estimate of drug-likeness (QED) is 0.652. The molecule has 0 bridgehead atoms. The molecule has 4 heterocycles. The Labute approximate surface area is 176 Å². The molecule has 0 unspecified atom stereocenters. The Bertz CT molecular complexity index is 1060. The van der Waals surface area contributed by atoms with Crippen LogP contribution >= 0.6 is 11.3 Å². The van der Waals surface area contributed by atoms with Gasteiger partial charge in [0.2, 0.25) is 21.8 Å². The summed E-state index contributed by atoms with van der Waals surface area (Å²) in [7, 11) is -3.66. The van der Waals surface area contributed by atoms with Crippen LogP contribution in [0.4, 0.5) is 5.13 Å². The van der Waals surface area contributed by atoms with Crippen molar-refractivity contribution in [2.24, 2.45) is 0 Å². The predicted molar refractivity (Wildman–Crippen MR) is 107 cm³/mol. The zero-order valence-electron chi connectivity index (χ0n) is 16.0. The van der Waals surface area contributed by atoms with Gasteiger partial charge in [-0.25, -0.2) is 13.4 Å². The van der Waals surface area contributed by atoms with Crippen LogP contribution < -0.4 is 5.32 Å². The van der Waals surface area contributed by atoms with Crippen molar-refractivity contribution in [2.45, 2.75) is 32.2 Å². The van der Waals surface area contributed by atoms with Crippen LogP contribution in [0.1, 0.15) is 40.2 Å². The molecule has 2 aliphatic heterocycles. The molecule has 1 N–H and O–H groups in total. The van der Waals surface area contributed by atoms with Crippen LogP contribution in [0.3, 0.4) is 0 Å². The summed E-state index contributed by atoms with van der Waals surface area (Å²) in [5.41, 5.74) is 1.13. The van der Waals surface area contributed by atoms with Gasteiger partial charge >= 0.3 is 0 Å². The van der Waals surface area contributed by atoms with Crippen molar-refractivity contribution in [3.05, 3.63) is 34.7 Å². The molecule has 0 aliphatic carbocycles. The van der Waals surface area contributed by atoms with E-state index in [1.807, 2.05) is 0 Å². The van der Waals surface area contributed by atoms with Gasteiger partial charge in [0, 0.05) is 43.8 Å². The lowest BCUT2D eigenvalue weighted by Crippen LogP contribution is -2.45. The van der Waals surface area contributed by atoms with Gasteiger partial charge in [-0.2, -0.15) is 4.31 Å². The highest BCUT2D eigenvalue weighted by Crippen LogP contribution is 2.30. The third kappa shape index (κ3) is 4.30. The van der Waals surface area contributed by atoms with Crippen molar-refractivity contribution in [2.75, 3.05) is 24.2 Å². The van der Waals surface area contributed by atoms with Gasteiger partial charge in [0.1, 0.15) is 6.26 Å². The van der Waals surface area contributed by atoms with E-state index in [1.165, 1.54) is 34.2 Å². The molecule has 10 nitrogen and oxygen atoms in total. The van der Waals surface area contributed by atoms with Gasteiger partial charge in [0.25, 0.3) is 5.91 Å². The summed E-state index contributed by atoms with van der Waals surface area (Å²) < 4.78 is 31.8. The minimum Gasteiger partial charge on any atom is -0.472 e. The molecule has 0 radical (unpaired) electrons. The van der Waals surface area contributed by atoms with Crippen LogP contribution in [-0.4, -0.2) is 59.2 Å². The highest BCUT2D eigenvalue weighted by atomic mass is 32.2. The lowest BCUT2D eigenvalue weighted by molar-refractivity contribution is -0.147. The van der Waals surface area contributed by atoms with Crippen LogP contribution in [0, 0.1) is 0 Å². The molecule has 2 aliphatic rings. The Morgan fingerprint density at radius 1 is 1.23 bits per heavy atom. The Kier molecular flexibility index (Phi) is 5.71. The molecule has 0 saturated carbocycles. The van der Waals surface area contributed by atoms with Crippen LogP contribution in [-0.2, 0) is 32.6 Å². The summed E-state index contributed by atoms with van der Waals surface area (Å²) in [6.07, 6.45) is 4.21. The SMILES string of the molecule is O=C(Nc1nc2c(s1)CN(S(=O)(=O)CCN1C(=O)CCCC1=O)CC2)c1ccoc1. The normalized spacial score (nSPS) is 17.8. The average Bonchev–Trinajstić information content (AvgIpc) is 3.36. The molecule has 3 amide bonds. The average molecular weight is 453 g/mol. The third-order valence-electron chi connectivity index (χ3n) is 5.05. The number of hydrogen-bond acceptors (Lipinski definition) is 8. The number of carbonyl (C=O) groups is 3. The van der Waals surface area contributed by atoms with Crippen molar-refractivity contribution in [3.63, 3.8) is 0 Å². The first-order chi connectivity index (χ1) is 14.3. The summed E-state index contributed by atoms with van der Waals surface area (Å²) >= 11 is 1.23. The maximum Gasteiger partial charge on any atom is 0.260 e. The monoisotopic (exact) mass is 452 g/mol. The number of aromatic nitrogens is 1. The van der Waals surface area contributed by atoms with E-state index >= 15 is 0 Å². The van der Waals surface area contributed by atoms with Crippen molar-refractivity contribution >= 4 is 44.2 Å². The van der Waals surface area contributed by atoms with Gasteiger partial charge < -0.3 is 4.42 Å². The van der Waals surface area contributed by atoms with E-state index in [1.54, 1.807) is 0 Å². The predicted octanol–water partition coefficient (Wildman–Crippen LogP) is 1.22. The van der Waals surface area contributed by atoms with Gasteiger partial charge in [-0.1, -0.05) is 0 Å². The van der Waals surface area contributed by atoms with Gasteiger partial charge in [-0.3, -0.25) is 24.6 Å². The van der Waals surface area contributed by atoms with E-state index in [0.717, 1.165) is 15.5 Å². The van der Waals surface area contributed by atoms with E-state index in [2.05, 4.69) is 10.3 Å². The number of likely N-dealkylation sites (tertiary alicyclic amines) is 1. The fraction of sp³-hybridized carbons (Fsp3) is 0.444. The summed E-state index contributed by atoms with van der Waals surface area (Å²) in [4.78, 5) is 42.1. The smallest absolute Gasteiger partial charge is 0.260 e. The molecule has 0 aromatic carbocycles. The molecule has 0 spiro atoms. The van der Waals surface area contributed by atoms with E-state index in [4.69, 9.17) is 4.42 Å². The summed E-state index contributed by atoms with van der Waals surface area (Å²) in [5, 5.41) is 3.09. The van der Waals surface area contributed by atoms with Crippen molar-refractivity contribution in [3.8, 4) is 0 Å². The number of imide groups is 1. The molecular formula is C18H20N4O6S2. The molecule has 160 valence electrons. The maximum absolute atomic E-state index is 12.8. The molecule has 4 rings (SSSR count). The molecule has 2 aromatic rings. The highest BCUT2D eigenvalue weighted by Gasteiger charge is 2.32. The second kappa shape index (κ2) is 8.28. The fourth-order valence-corrected chi connectivity index (χ4v) is 5.88. The topological polar surface area (TPSA) is 130 Å². The number of amides is 3. The Balaban J connectivity index is 1.39. The van der Waals surface area contributed by atoms with Crippen molar-refractivity contribution in [1.82, 2.24) is 14.2 Å². The molecule has 0 atom stereocenters. The van der Waals surface area contributed by atoms with Gasteiger partial charge in [-0.15, -0.1) is 11.3 Å². The number of carbonyl (C=O) groups excluding carboxylic acids is 3. The Morgan fingerprint density at radius 2 is 2.00 bits per heavy atom. The van der Waals surface area contributed by atoms with Gasteiger partial charge in [-0.05, 0) is 12.5 Å². The molecule has 1 saturated heterocycles. The Hall–Kier alpha value is -2.57. The van der Waals surface area contributed by atoms with Crippen molar-refractivity contribution in [1.29, 1.82) is 0 Å². The molecule has 30 heavy (non-hydrogen) atoms. The Morgan fingerprint density at radius 3 is 2.70 bits per heavy atom. The van der Waals surface area contributed by atoms with Gasteiger partial charge in [0.05, 0.1) is 23.3 Å². The molecule has 1 fully saturated rings. The van der Waals surface area contributed by atoms with Gasteiger partial charge in [0.15, 0.2) is 5.13 Å². The summed E-state index contributed by atoms with van der Waals surface area (Å²) in [5.74, 6) is -1.29. The minimum atomic E-state index is -3.66. The number of furan rings is 1. The van der Waals surface area contributed by atoms with Crippen LogP contribution in [0.25, 0.3) is 0 Å². The molecule has 12 heteroatoms. The van der Waals surface area contributed by atoms with Crippen LogP contribution in [0.2, 0.25) is 0 Å². The number of piperidine rings is 1. The molecular weight excluding hydrogens is 432 g/mol. The van der Waals surface area contributed by atoms with E-state index in [9.17, 15) is 22.8 Å². The number of thiazole rings is 1. The zero-order valence-corrected chi connectivity index (χ0v) is 17.6. The first kappa shape index (κ1) is 20.7.